The van der Waals surface area contributed by atoms with Crippen LogP contribution in [0, 0.1) is 0 Å². The predicted octanol–water partition coefficient (Wildman–Crippen LogP) is 4.64. The van der Waals surface area contributed by atoms with Crippen LogP contribution in [-0.2, 0) is 9.53 Å². The lowest BCUT2D eigenvalue weighted by Gasteiger charge is -2.03. The average Bonchev–Trinajstić information content (AvgIpc) is 2.33. The molecule has 100 valence electrons. The van der Waals surface area contributed by atoms with Gasteiger partial charge in [0.15, 0.2) is 0 Å². The highest BCUT2D eigenvalue weighted by atomic mass is 16.5. The van der Waals surface area contributed by atoms with Gasteiger partial charge in [0, 0.05) is 6.42 Å². The van der Waals surface area contributed by atoms with Crippen molar-refractivity contribution < 1.29 is 9.53 Å². The Morgan fingerprint density at radius 3 is 2.47 bits per heavy atom. The number of allylic oxidation sites excluding steroid dienone is 2. The number of ether oxygens (including phenoxy) is 1. The Hall–Kier alpha value is -0.790. The molecule has 2 nitrogen and oxygen atoms in total. The number of esters is 1. The van der Waals surface area contributed by atoms with Gasteiger partial charge in [0.2, 0.25) is 0 Å². The molecule has 17 heavy (non-hydrogen) atoms. The third kappa shape index (κ3) is 13.1. The summed E-state index contributed by atoms with van der Waals surface area (Å²) >= 11 is 0. The first-order chi connectivity index (χ1) is 8.31. The summed E-state index contributed by atoms with van der Waals surface area (Å²) in [5, 5.41) is 0. The monoisotopic (exact) mass is 240 g/mol. The van der Waals surface area contributed by atoms with E-state index in [-0.39, 0.29) is 5.97 Å². The van der Waals surface area contributed by atoms with E-state index in [0.717, 1.165) is 25.7 Å². The van der Waals surface area contributed by atoms with Gasteiger partial charge in [0.1, 0.15) is 0 Å². The molecule has 0 atom stereocenters. The normalized spacial score (nSPS) is 10.9. The molecule has 0 unspecified atom stereocenters. The molecule has 0 spiro atoms. The molecule has 0 aliphatic heterocycles. The first kappa shape index (κ1) is 16.2. The average molecular weight is 240 g/mol. The molecule has 0 N–H and O–H groups in total. The number of unbranched alkanes of at least 4 members (excludes halogenated alkanes) is 6. The van der Waals surface area contributed by atoms with Crippen molar-refractivity contribution in [1.29, 1.82) is 0 Å². The first-order valence-electron chi connectivity index (χ1n) is 7.08. The lowest BCUT2D eigenvalue weighted by molar-refractivity contribution is -0.143. The molecule has 0 rings (SSSR count). The lowest BCUT2D eigenvalue weighted by atomic mass is 10.1. The Morgan fingerprint density at radius 2 is 1.76 bits per heavy atom. The second kappa shape index (κ2) is 13.3. The maximum absolute atomic E-state index is 11.3. The van der Waals surface area contributed by atoms with Crippen molar-refractivity contribution in [3.8, 4) is 0 Å². The molecule has 0 saturated heterocycles. The zero-order chi connectivity index (χ0) is 12.8. The topological polar surface area (TPSA) is 26.3 Å². The third-order valence-corrected chi connectivity index (χ3v) is 2.75. The van der Waals surface area contributed by atoms with E-state index in [1.165, 1.54) is 25.7 Å². The number of hydrogen-bond acceptors (Lipinski definition) is 2. The van der Waals surface area contributed by atoms with Gasteiger partial charge in [-0.25, -0.2) is 0 Å². The summed E-state index contributed by atoms with van der Waals surface area (Å²) in [6.07, 6.45) is 14.1. The maximum atomic E-state index is 11.3. The van der Waals surface area contributed by atoms with E-state index in [4.69, 9.17) is 4.74 Å². The fourth-order valence-corrected chi connectivity index (χ4v) is 1.63. The van der Waals surface area contributed by atoms with E-state index in [1.54, 1.807) is 0 Å². The largest absolute Gasteiger partial charge is 0.466 e. The van der Waals surface area contributed by atoms with Gasteiger partial charge in [-0.3, -0.25) is 4.79 Å². The fraction of sp³-hybridized carbons (Fsp3) is 0.800. The van der Waals surface area contributed by atoms with Crippen LogP contribution in [0.15, 0.2) is 12.2 Å². The number of rotatable bonds is 11. The molecule has 0 aliphatic carbocycles. The summed E-state index contributed by atoms with van der Waals surface area (Å²) in [7, 11) is 0. The highest BCUT2D eigenvalue weighted by Gasteiger charge is 2.01. The molecule has 0 saturated carbocycles. The molecular formula is C15H28O2. The van der Waals surface area contributed by atoms with Crippen molar-refractivity contribution in [2.75, 3.05) is 6.61 Å². The zero-order valence-corrected chi connectivity index (χ0v) is 11.5. The van der Waals surface area contributed by atoms with Crippen LogP contribution in [-0.4, -0.2) is 12.6 Å². The minimum Gasteiger partial charge on any atom is -0.466 e. The Morgan fingerprint density at radius 1 is 1.06 bits per heavy atom. The van der Waals surface area contributed by atoms with Crippen LogP contribution < -0.4 is 0 Å². The standard InChI is InChI=1S/C15H28O2/c1-3-5-7-8-9-10-11-12-13-15(16)17-14-6-4-2/h3,5H,4,6-14H2,1-2H3/b5-3+. The summed E-state index contributed by atoms with van der Waals surface area (Å²) in [4.78, 5) is 11.3. The Bertz CT molecular complexity index is 197. The van der Waals surface area contributed by atoms with Crippen LogP contribution in [0.2, 0.25) is 0 Å². The summed E-state index contributed by atoms with van der Waals surface area (Å²) in [6.45, 7) is 4.75. The van der Waals surface area contributed by atoms with Crippen LogP contribution in [0.5, 0.6) is 0 Å². The van der Waals surface area contributed by atoms with Gasteiger partial charge in [-0.1, -0.05) is 44.8 Å². The van der Waals surface area contributed by atoms with Crippen molar-refractivity contribution in [3.63, 3.8) is 0 Å². The summed E-state index contributed by atoms with van der Waals surface area (Å²) in [5.41, 5.74) is 0. The molecule has 0 aromatic carbocycles. The molecule has 2 heteroatoms. The predicted molar refractivity (Wildman–Crippen MR) is 73.0 cm³/mol. The SMILES string of the molecule is C/C=C/CCCCCCCC(=O)OCCCC. The molecule has 0 heterocycles. The van der Waals surface area contributed by atoms with Gasteiger partial charge in [-0.05, 0) is 32.6 Å². The smallest absolute Gasteiger partial charge is 0.305 e. The molecule has 0 bridgehead atoms. The maximum Gasteiger partial charge on any atom is 0.305 e. The van der Waals surface area contributed by atoms with Gasteiger partial charge >= 0.3 is 5.97 Å². The van der Waals surface area contributed by atoms with Crippen molar-refractivity contribution in [3.05, 3.63) is 12.2 Å². The van der Waals surface area contributed by atoms with Gasteiger partial charge in [-0.2, -0.15) is 0 Å². The molecular weight excluding hydrogens is 212 g/mol. The quantitative estimate of drug-likeness (QED) is 0.299. The van der Waals surface area contributed by atoms with E-state index in [9.17, 15) is 4.79 Å². The van der Waals surface area contributed by atoms with E-state index in [2.05, 4.69) is 26.0 Å². The lowest BCUT2D eigenvalue weighted by Crippen LogP contribution is -2.05. The third-order valence-electron chi connectivity index (χ3n) is 2.75. The van der Waals surface area contributed by atoms with Crippen LogP contribution in [0.4, 0.5) is 0 Å². The van der Waals surface area contributed by atoms with Crippen molar-refractivity contribution in [2.45, 2.75) is 71.6 Å². The number of carbonyl (C=O) groups excluding carboxylic acids is 1. The van der Waals surface area contributed by atoms with Crippen molar-refractivity contribution in [2.24, 2.45) is 0 Å². The van der Waals surface area contributed by atoms with Crippen LogP contribution in [0.3, 0.4) is 0 Å². The summed E-state index contributed by atoms with van der Waals surface area (Å²) < 4.78 is 5.09. The van der Waals surface area contributed by atoms with Crippen LogP contribution in [0.25, 0.3) is 0 Å². The highest BCUT2D eigenvalue weighted by Crippen LogP contribution is 2.08. The second-order valence-corrected chi connectivity index (χ2v) is 4.45. The van der Waals surface area contributed by atoms with Crippen LogP contribution >= 0.6 is 0 Å². The Kier molecular flexibility index (Phi) is 12.7. The molecule has 0 amide bonds. The second-order valence-electron chi connectivity index (χ2n) is 4.45. The highest BCUT2D eigenvalue weighted by molar-refractivity contribution is 5.69. The van der Waals surface area contributed by atoms with Gasteiger partial charge in [0.25, 0.3) is 0 Å². The first-order valence-corrected chi connectivity index (χ1v) is 7.08. The summed E-state index contributed by atoms with van der Waals surface area (Å²) in [6, 6.07) is 0. The van der Waals surface area contributed by atoms with E-state index < -0.39 is 0 Å². The van der Waals surface area contributed by atoms with E-state index in [0.29, 0.717) is 13.0 Å². The minimum absolute atomic E-state index is 0.0210. The molecule has 0 fully saturated rings. The van der Waals surface area contributed by atoms with E-state index in [1.807, 2.05) is 0 Å². The van der Waals surface area contributed by atoms with Crippen molar-refractivity contribution in [1.82, 2.24) is 0 Å². The summed E-state index contributed by atoms with van der Waals surface area (Å²) in [5.74, 6) is -0.0210. The number of hydrogen-bond donors (Lipinski definition) is 0. The number of carbonyl (C=O) groups is 1. The van der Waals surface area contributed by atoms with Gasteiger partial charge in [0.05, 0.1) is 6.61 Å². The van der Waals surface area contributed by atoms with Gasteiger partial charge < -0.3 is 4.74 Å². The molecule has 0 aromatic rings. The Labute approximate surface area is 106 Å². The fourth-order valence-electron chi connectivity index (χ4n) is 1.63. The zero-order valence-electron chi connectivity index (χ0n) is 11.5. The molecule has 0 aliphatic rings. The molecule has 0 aromatic heterocycles. The van der Waals surface area contributed by atoms with E-state index >= 15 is 0 Å². The molecule has 0 radical (unpaired) electrons. The van der Waals surface area contributed by atoms with Crippen molar-refractivity contribution >= 4 is 5.97 Å². The van der Waals surface area contributed by atoms with Gasteiger partial charge in [-0.15, -0.1) is 0 Å². The minimum atomic E-state index is -0.0210. The Balaban J connectivity index is 3.13. The van der Waals surface area contributed by atoms with Crippen LogP contribution in [0.1, 0.15) is 71.6 Å².